The molecule has 6 N–H and O–H groups in total. The van der Waals surface area contributed by atoms with Crippen LogP contribution < -0.4 is 0 Å². The van der Waals surface area contributed by atoms with Gasteiger partial charge in [-0.3, -0.25) is 4.79 Å². The van der Waals surface area contributed by atoms with E-state index in [1.54, 1.807) is 0 Å². The van der Waals surface area contributed by atoms with E-state index in [1.165, 1.54) is 0 Å². The molecule has 1 aliphatic rings. The molecule has 0 amide bonds. The van der Waals surface area contributed by atoms with Crippen molar-refractivity contribution in [1.29, 1.82) is 0 Å². The van der Waals surface area contributed by atoms with E-state index in [1.807, 2.05) is 6.92 Å². The molecule has 0 radical (unpaired) electrons. The minimum absolute atomic E-state index is 0.120. The van der Waals surface area contributed by atoms with Gasteiger partial charge in [-0.25, -0.2) is 0 Å². The molecule has 24 heavy (non-hydrogen) atoms. The third-order valence-electron chi connectivity index (χ3n) is 4.13. The topological polar surface area (TPSA) is 148 Å². The summed E-state index contributed by atoms with van der Waals surface area (Å²) in [6, 6.07) is 0. The quantitative estimate of drug-likeness (QED) is 0.138. The largest absolute Gasteiger partial charge is 0.425 e. The second kappa shape index (κ2) is 8.13. The normalized spacial score (nSPS) is 42.8. The van der Waals surface area contributed by atoms with Crippen molar-refractivity contribution in [2.45, 2.75) is 79.1 Å². The number of rotatable bonds is 7. The third kappa shape index (κ3) is 3.88. The van der Waals surface area contributed by atoms with Crippen molar-refractivity contribution in [1.82, 2.24) is 0 Å². The molecule has 0 spiro atoms. The van der Waals surface area contributed by atoms with Crippen molar-refractivity contribution in [3.05, 3.63) is 0 Å². The van der Waals surface area contributed by atoms with Crippen molar-refractivity contribution in [2.75, 3.05) is 0 Å². The van der Waals surface area contributed by atoms with Gasteiger partial charge in [0.2, 0.25) is 5.06 Å². The fourth-order valence-corrected chi connectivity index (χ4v) is 3.32. The lowest BCUT2D eigenvalue weighted by molar-refractivity contribution is -0.367. The average Bonchev–Trinajstić information content (AvgIpc) is 2.50. The first-order chi connectivity index (χ1) is 10.9. The van der Waals surface area contributed by atoms with Crippen LogP contribution in [0.4, 0.5) is 0 Å². The van der Waals surface area contributed by atoms with E-state index < -0.39 is 39.6 Å². The number of hydrogen-bond acceptors (Lipinski definition) is 8. The number of alkyl halides is 2. The number of halogens is 2. The molecule has 0 aromatic carbocycles. The van der Waals surface area contributed by atoms with Gasteiger partial charge in [0, 0.05) is 6.42 Å². The Balaban J connectivity index is 2.84. The molecule has 0 heterocycles. The summed E-state index contributed by atoms with van der Waals surface area (Å²) in [5.74, 6) is -4.23. The summed E-state index contributed by atoms with van der Waals surface area (Å²) in [4.78, 5) is 11.9. The molecule has 142 valence electrons. The van der Waals surface area contributed by atoms with E-state index in [0.717, 1.165) is 25.7 Å². The zero-order valence-electron chi connectivity index (χ0n) is 13.2. The summed E-state index contributed by atoms with van der Waals surface area (Å²) in [5, 5.41) is 56.7. The molecule has 10 heteroatoms. The molecule has 0 aromatic rings. The van der Waals surface area contributed by atoms with Crippen molar-refractivity contribution in [3.63, 3.8) is 0 Å². The van der Waals surface area contributed by atoms with Gasteiger partial charge in [-0.05, 0) is 22.4 Å². The molecule has 6 atom stereocenters. The maximum atomic E-state index is 11.9. The Bertz CT molecular complexity index is 446. The van der Waals surface area contributed by atoms with Gasteiger partial charge in [0.15, 0.2) is 10.6 Å². The van der Waals surface area contributed by atoms with Crippen molar-refractivity contribution in [2.24, 2.45) is 0 Å². The molecule has 8 nitrogen and oxygen atoms in total. The molecule has 0 aliphatic heterocycles. The molecule has 0 unspecified atom stereocenters. The summed E-state index contributed by atoms with van der Waals surface area (Å²) in [6.07, 6.45) is -2.61. The summed E-state index contributed by atoms with van der Waals surface area (Å²) in [6.45, 7) is 2.04. The lowest BCUT2D eigenvalue weighted by Crippen LogP contribution is -2.80. The van der Waals surface area contributed by atoms with Gasteiger partial charge < -0.3 is 35.4 Å². The highest BCUT2D eigenvalue weighted by Gasteiger charge is 2.75. The third-order valence-corrected chi connectivity index (χ3v) is 5.96. The van der Waals surface area contributed by atoms with E-state index in [4.69, 9.17) is 16.3 Å². The molecule has 1 aliphatic carbocycles. The second-order valence-corrected chi connectivity index (χ2v) is 7.77. The fraction of sp³-hybridized carbons (Fsp3) is 0.929. The van der Waals surface area contributed by atoms with Crippen LogP contribution in [0.25, 0.3) is 0 Å². The van der Waals surface area contributed by atoms with Crippen LogP contribution in [-0.4, -0.2) is 70.3 Å². The molecular formula is C14H24BrClO8. The molecule has 0 bridgehead atoms. The molecule has 0 saturated heterocycles. The van der Waals surface area contributed by atoms with Gasteiger partial charge in [0.25, 0.3) is 5.79 Å². The summed E-state index contributed by atoms with van der Waals surface area (Å²) in [7, 11) is 0. The first kappa shape index (κ1) is 22.0. The van der Waals surface area contributed by atoms with Gasteiger partial charge in [0.1, 0.15) is 12.2 Å². The lowest BCUT2D eigenvalue weighted by Gasteiger charge is -2.54. The molecular weight excluding hydrogens is 412 g/mol. The van der Waals surface area contributed by atoms with Crippen LogP contribution in [0.15, 0.2) is 0 Å². The van der Waals surface area contributed by atoms with E-state index in [-0.39, 0.29) is 6.42 Å². The van der Waals surface area contributed by atoms with Crippen molar-refractivity contribution >= 4 is 33.5 Å². The number of aliphatic hydroxyl groups excluding tert-OH is 3. The summed E-state index contributed by atoms with van der Waals surface area (Å²) in [5.41, 5.74) is 0. The van der Waals surface area contributed by atoms with Gasteiger partial charge in [-0.1, -0.05) is 44.2 Å². The fourth-order valence-electron chi connectivity index (χ4n) is 2.50. The van der Waals surface area contributed by atoms with Crippen LogP contribution in [0.5, 0.6) is 0 Å². The summed E-state index contributed by atoms with van der Waals surface area (Å²) >= 11 is 8.17. The van der Waals surface area contributed by atoms with Crippen LogP contribution in [0, 0.1) is 0 Å². The van der Waals surface area contributed by atoms with Gasteiger partial charge in [0.05, 0.1) is 0 Å². The van der Waals surface area contributed by atoms with E-state index in [9.17, 15) is 35.4 Å². The zero-order chi connectivity index (χ0) is 18.8. The maximum absolute atomic E-state index is 11.9. The van der Waals surface area contributed by atoms with Crippen LogP contribution in [0.1, 0.15) is 45.4 Å². The van der Waals surface area contributed by atoms with Gasteiger partial charge >= 0.3 is 5.97 Å². The smallest absolute Gasteiger partial charge is 0.308 e. The highest BCUT2D eigenvalue weighted by atomic mass is 79.9. The number of carbonyl (C=O) groups is 1. The number of carbonyl (C=O) groups excluding carboxylic acids is 1. The van der Waals surface area contributed by atoms with Gasteiger partial charge in [-0.2, -0.15) is 0 Å². The minimum Gasteiger partial charge on any atom is -0.425 e. The van der Waals surface area contributed by atoms with Crippen LogP contribution in [0.3, 0.4) is 0 Å². The predicted molar refractivity (Wildman–Crippen MR) is 87.1 cm³/mol. The Morgan fingerprint density at radius 3 is 2.17 bits per heavy atom. The van der Waals surface area contributed by atoms with Gasteiger partial charge in [-0.15, -0.1) is 0 Å². The van der Waals surface area contributed by atoms with Crippen LogP contribution >= 0.6 is 27.5 Å². The zero-order valence-corrected chi connectivity index (χ0v) is 15.6. The Morgan fingerprint density at radius 2 is 1.62 bits per heavy atom. The molecule has 0 aromatic heterocycles. The first-order valence-electron chi connectivity index (χ1n) is 7.74. The highest BCUT2D eigenvalue weighted by molar-refractivity contribution is 9.10. The summed E-state index contributed by atoms with van der Waals surface area (Å²) < 4.78 is 1.84. The van der Waals surface area contributed by atoms with Crippen molar-refractivity contribution in [3.8, 4) is 0 Å². The molecule has 1 saturated carbocycles. The Hall–Kier alpha value is -0.000000000000000222. The minimum atomic E-state index is -3.24. The van der Waals surface area contributed by atoms with E-state index in [0.29, 0.717) is 6.42 Å². The Labute approximate surface area is 153 Å². The maximum Gasteiger partial charge on any atom is 0.308 e. The predicted octanol–water partition coefficient (Wildman–Crippen LogP) is -0.314. The second-order valence-electron chi connectivity index (χ2n) is 6.01. The van der Waals surface area contributed by atoms with Crippen molar-refractivity contribution < 1.29 is 40.2 Å². The number of unbranched alkanes of at least 4 members (excludes halogenated alkanes) is 4. The standard InChI is InChI=1S/C14H24BrClO8/c1-2-3-4-5-6-7-8(17)24-13(22)11(20)9(18)10(19)12(15,21)14(13,16)23/h9-11,18-23H,2-7H2,1H3/t9-,10-,11-,12+,13-,14-/m1/s1. The van der Waals surface area contributed by atoms with Crippen LogP contribution in [-0.2, 0) is 9.53 Å². The Morgan fingerprint density at radius 1 is 1.08 bits per heavy atom. The highest BCUT2D eigenvalue weighted by Crippen LogP contribution is 2.50. The number of hydrogen-bond donors (Lipinski definition) is 6. The average molecular weight is 436 g/mol. The molecule has 1 rings (SSSR count). The SMILES string of the molecule is CCCCCCCC(=O)O[C@]1(O)[C@H](O)[C@H](O)[C@@H](O)[C@@](O)(Br)[C@]1(O)Cl. The monoisotopic (exact) mass is 434 g/mol. The lowest BCUT2D eigenvalue weighted by atomic mass is 9.81. The van der Waals surface area contributed by atoms with Crippen LogP contribution in [0.2, 0.25) is 0 Å². The number of esters is 1. The first-order valence-corrected chi connectivity index (χ1v) is 8.91. The van der Waals surface area contributed by atoms with E-state index >= 15 is 0 Å². The molecule has 1 fully saturated rings. The number of ether oxygens (including phenoxy) is 1. The Kier molecular flexibility index (Phi) is 7.47. The van der Waals surface area contributed by atoms with E-state index in [2.05, 4.69) is 15.9 Å². The number of aliphatic hydroxyl groups is 6.